The summed E-state index contributed by atoms with van der Waals surface area (Å²) in [6, 6.07) is 10.9. The first-order valence-electron chi connectivity index (χ1n) is 11.0. The van der Waals surface area contributed by atoms with Crippen LogP contribution < -0.4 is 24.3 Å². The van der Waals surface area contributed by atoms with Gasteiger partial charge in [-0.25, -0.2) is 15.0 Å². The molecular weight excluding hydrogens is 503 g/mol. The van der Waals surface area contributed by atoms with E-state index in [1.165, 1.54) is 6.33 Å². The fourth-order valence-corrected chi connectivity index (χ4v) is 3.96. The maximum absolute atomic E-state index is 6.67. The predicted molar refractivity (Wildman–Crippen MR) is 138 cm³/mol. The molecule has 10 heteroatoms. The molecule has 3 heterocycles. The van der Waals surface area contributed by atoms with Crippen molar-refractivity contribution in [1.29, 1.82) is 0 Å². The lowest BCUT2D eigenvalue weighted by Crippen LogP contribution is -2.02. The molecule has 0 amide bonds. The SMILES string of the molecule is COc1cc2c(Nc3c(Cl)cc(C#Cc4ccccn4)c4c3OCO4)ncnc2cc1OCCCCl. The van der Waals surface area contributed by atoms with Gasteiger partial charge in [0.25, 0.3) is 0 Å². The van der Waals surface area contributed by atoms with Gasteiger partial charge in [-0.2, -0.15) is 0 Å². The van der Waals surface area contributed by atoms with E-state index in [1.54, 1.807) is 25.4 Å². The van der Waals surface area contributed by atoms with E-state index >= 15 is 0 Å². The lowest BCUT2D eigenvalue weighted by atomic mass is 10.1. The zero-order valence-electron chi connectivity index (χ0n) is 19.2. The summed E-state index contributed by atoms with van der Waals surface area (Å²) in [6.07, 6.45) is 3.86. The van der Waals surface area contributed by atoms with Crippen LogP contribution in [-0.2, 0) is 0 Å². The highest BCUT2D eigenvalue weighted by Gasteiger charge is 2.25. The van der Waals surface area contributed by atoms with Crippen molar-refractivity contribution < 1.29 is 18.9 Å². The monoisotopic (exact) mass is 522 g/mol. The quantitative estimate of drug-likeness (QED) is 0.191. The normalized spacial score (nSPS) is 11.6. The van der Waals surface area contributed by atoms with Crippen molar-refractivity contribution in [3.05, 3.63) is 65.2 Å². The van der Waals surface area contributed by atoms with Gasteiger partial charge in [0, 0.05) is 23.5 Å². The molecule has 4 aromatic rings. The van der Waals surface area contributed by atoms with Gasteiger partial charge in [-0.1, -0.05) is 23.6 Å². The van der Waals surface area contributed by atoms with E-state index in [1.807, 2.05) is 24.3 Å². The summed E-state index contributed by atoms with van der Waals surface area (Å²) < 4.78 is 22.8. The van der Waals surface area contributed by atoms with Crippen LogP contribution in [0.3, 0.4) is 0 Å². The van der Waals surface area contributed by atoms with Crippen LogP contribution in [0.25, 0.3) is 10.9 Å². The molecule has 0 aliphatic carbocycles. The number of anilines is 2. The molecule has 0 saturated carbocycles. The number of aromatic nitrogens is 3. The van der Waals surface area contributed by atoms with Gasteiger partial charge in [-0.15, -0.1) is 11.6 Å². The first kappa shape index (κ1) is 23.8. The Bertz CT molecular complexity index is 1470. The van der Waals surface area contributed by atoms with Gasteiger partial charge < -0.3 is 24.3 Å². The minimum atomic E-state index is 0.0456. The second-order valence-corrected chi connectivity index (χ2v) is 8.35. The third kappa shape index (κ3) is 4.89. The molecule has 0 atom stereocenters. The van der Waals surface area contributed by atoms with E-state index in [2.05, 4.69) is 32.1 Å². The number of nitrogens with zero attached hydrogens (tertiary/aromatic N) is 3. The van der Waals surface area contributed by atoms with Crippen molar-refractivity contribution in [2.45, 2.75) is 6.42 Å². The number of pyridine rings is 1. The average molecular weight is 523 g/mol. The van der Waals surface area contributed by atoms with Crippen molar-refractivity contribution in [1.82, 2.24) is 15.0 Å². The van der Waals surface area contributed by atoms with Crippen molar-refractivity contribution in [2.75, 3.05) is 31.7 Å². The van der Waals surface area contributed by atoms with Crippen LogP contribution in [0.15, 0.2) is 48.9 Å². The molecule has 0 fully saturated rings. The number of fused-ring (bicyclic) bond motifs is 2. The van der Waals surface area contributed by atoms with Crippen LogP contribution >= 0.6 is 23.2 Å². The molecule has 0 spiro atoms. The van der Waals surface area contributed by atoms with Gasteiger partial charge in [-0.3, -0.25) is 0 Å². The first-order valence-corrected chi connectivity index (χ1v) is 11.9. The number of hydrogen-bond donors (Lipinski definition) is 1. The number of methoxy groups -OCH3 is 1. The Morgan fingerprint density at radius 2 is 1.94 bits per heavy atom. The zero-order valence-corrected chi connectivity index (χ0v) is 20.7. The summed E-state index contributed by atoms with van der Waals surface area (Å²) in [5.41, 5.74) is 2.40. The number of nitrogens with one attached hydrogen (secondary N) is 1. The van der Waals surface area contributed by atoms with Gasteiger partial charge in [0.1, 0.15) is 23.5 Å². The average Bonchev–Trinajstić information content (AvgIpc) is 3.40. The van der Waals surface area contributed by atoms with Crippen LogP contribution in [-0.4, -0.2) is 41.3 Å². The molecule has 1 aliphatic rings. The Morgan fingerprint density at radius 3 is 2.75 bits per heavy atom. The zero-order chi connectivity index (χ0) is 24.9. The minimum Gasteiger partial charge on any atom is -0.493 e. The lowest BCUT2D eigenvalue weighted by molar-refractivity contribution is 0.174. The van der Waals surface area contributed by atoms with Gasteiger partial charge in [0.2, 0.25) is 6.79 Å². The Kier molecular flexibility index (Phi) is 7.12. The number of rotatable bonds is 7. The third-order valence-electron chi connectivity index (χ3n) is 5.28. The van der Waals surface area contributed by atoms with Gasteiger partial charge in [0.15, 0.2) is 23.0 Å². The highest BCUT2D eigenvalue weighted by Crippen LogP contribution is 2.47. The third-order valence-corrected chi connectivity index (χ3v) is 5.85. The van der Waals surface area contributed by atoms with Crippen LogP contribution in [0.1, 0.15) is 17.7 Å². The number of benzene rings is 2. The fraction of sp³-hybridized carbons (Fsp3) is 0.192. The predicted octanol–water partition coefficient (Wildman–Crippen LogP) is 5.57. The van der Waals surface area contributed by atoms with Crippen molar-refractivity contribution in [2.24, 2.45) is 0 Å². The molecule has 0 saturated heterocycles. The molecule has 1 aliphatic heterocycles. The van der Waals surface area contributed by atoms with E-state index in [0.717, 1.165) is 0 Å². The van der Waals surface area contributed by atoms with E-state index in [9.17, 15) is 0 Å². The van der Waals surface area contributed by atoms with E-state index in [0.29, 0.717) is 80.6 Å². The molecular formula is C26H20Cl2N4O4. The molecule has 5 rings (SSSR count). The summed E-state index contributed by atoms with van der Waals surface area (Å²) in [5, 5.41) is 4.38. The summed E-state index contributed by atoms with van der Waals surface area (Å²) in [6.45, 7) is 0.514. The van der Waals surface area contributed by atoms with E-state index in [-0.39, 0.29) is 6.79 Å². The molecule has 2 aromatic heterocycles. The summed E-state index contributed by atoms with van der Waals surface area (Å²) >= 11 is 12.4. The number of alkyl halides is 1. The van der Waals surface area contributed by atoms with Crippen LogP contribution in [0, 0.1) is 11.8 Å². The van der Waals surface area contributed by atoms with E-state index in [4.69, 9.17) is 42.1 Å². The maximum atomic E-state index is 6.67. The molecule has 0 radical (unpaired) electrons. The van der Waals surface area contributed by atoms with Crippen molar-refractivity contribution in [3.63, 3.8) is 0 Å². The fourth-order valence-electron chi connectivity index (χ4n) is 3.61. The highest BCUT2D eigenvalue weighted by atomic mass is 35.5. The maximum Gasteiger partial charge on any atom is 0.231 e. The second-order valence-electron chi connectivity index (χ2n) is 7.57. The summed E-state index contributed by atoms with van der Waals surface area (Å²) in [5.74, 6) is 9.18. The highest BCUT2D eigenvalue weighted by molar-refractivity contribution is 6.34. The Labute approximate surface area is 217 Å². The Balaban J connectivity index is 1.51. The smallest absolute Gasteiger partial charge is 0.231 e. The standard InChI is InChI=1S/C26H20Cl2N4O4/c1-33-21-12-18-20(13-22(21)34-10-4-8-27)30-14-31-26(18)32-23-19(28)11-16(24-25(23)36-15-35-24)6-7-17-5-2-3-9-29-17/h2-3,5,9,11-14H,4,8,10,15H2,1H3,(H,30,31,32). The van der Waals surface area contributed by atoms with Crippen LogP contribution in [0.4, 0.5) is 11.5 Å². The molecule has 8 nitrogen and oxygen atoms in total. The Morgan fingerprint density at radius 1 is 1.06 bits per heavy atom. The van der Waals surface area contributed by atoms with Gasteiger partial charge >= 0.3 is 0 Å². The van der Waals surface area contributed by atoms with Gasteiger partial charge in [-0.05, 0) is 36.6 Å². The second kappa shape index (κ2) is 10.8. The Hall–Kier alpha value is -3.93. The molecule has 182 valence electrons. The lowest BCUT2D eigenvalue weighted by Gasteiger charge is -2.15. The minimum absolute atomic E-state index is 0.0456. The van der Waals surface area contributed by atoms with Crippen molar-refractivity contribution >= 4 is 45.6 Å². The number of halogens is 2. The number of ether oxygens (including phenoxy) is 4. The summed E-state index contributed by atoms with van der Waals surface area (Å²) in [4.78, 5) is 13.0. The molecule has 2 aromatic carbocycles. The van der Waals surface area contributed by atoms with Gasteiger partial charge in [0.05, 0.1) is 29.8 Å². The summed E-state index contributed by atoms with van der Waals surface area (Å²) in [7, 11) is 1.58. The van der Waals surface area contributed by atoms with Crippen LogP contribution in [0.2, 0.25) is 5.02 Å². The molecule has 0 bridgehead atoms. The largest absolute Gasteiger partial charge is 0.493 e. The molecule has 36 heavy (non-hydrogen) atoms. The number of hydrogen-bond acceptors (Lipinski definition) is 8. The topological polar surface area (TPSA) is 87.6 Å². The first-order chi connectivity index (χ1) is 17.7. The molecule has 1 N–H and O–H groups in total. The van der Waals surface area contributed by atoms with Crippen molar-refractivity contribution in [3.8, 4) is 34.8 Å². The van der Waals surface area contributed by atoms with E-state index < -0.39 is 0 Å². The molecule has 0 unspecified atom stereocenters. The van der Waals surface area contributed by atoms with Crippen LogP contribution in [0.5, 0.6) is 23.0 Å².